The normalized spacial score (nSPS) is 12.1. The van der Waals surface area contributed by atoms with Crippen molar-refractivity contribution in [1.82, 2.24) is 0 Å². The first kappa shape index (κ1) is 12.8. The third-order valence-electron chi connectivity index (χ3n) is 4.07. The summed E-state index contributed by atoms with van der Waals surface area (Å²) < 4.78 is 14.6. The summed E-state index contributed by atoms with van der Waals surface area (Å²) in [6, 6.07) is 19.6. The topological polar surface area (TPSA) is 0 Å². The van der Waals surface area contributed by atoms with Gasteiger partial charge in [0, 0.05) is 4.47 Å². The van der Waals surface area contributed by atoms with Gasteiger partial charge in [0.2, 0.25) is 0 Å². The van der Waals surface area contributed by atoms with E-state index in [1.54, 1.807) is 12.1 Å². The highest BCUT2D eigenvalue weighted by Crippen LogP contribution is 2.42. The number of hydrogen-bond donors (Lipinski definition) is 0. The average molecular weight is 339 g/mol. The molecule has 0 saturated heterocycles. The predicted octanol–water partition coefficient (Wildman–Crippen LogP) is 5.83. The molecule has 0 atom stereocenters. The zero-order valence-electron chi connectivity index (χ0n) is 11.2. The van der Waals surface area contributed by atoms with Gasteiger partial charge in [0.1, 0.15) is 5.82 Å². The van der Waals surface area contributed by atoms with Crippen molar-refractivity contribution in [2.45, 2.75) is 6.42 Å². The van der Waals surface area contributed by atoms with Crippen molar-refractivity contribution in [2.24, 2.45) is 0 Å². The van der Waals surface area contributed by atoms with Crippen molar-refractivity contribution in [2.75, 3.05) is 0 Å². The summed E-state index contributed by atoms with van der Waals surface area (Å²) in [6.07, 6.45) is 0.907. The molecular formula is C19H12BrF. The molecule has 0 nitrogen and oxygen atoms in total. The second-order valence-electron chi connectivity index (χ2n) is 5.29. The second-order valence-corrected chi connectivity index (χ2v) is 6.14. The average Bonchev–Trinajstić information content (AvgIpc) is 2.88. The van der Waals surface area contributed by atoms with Gasteiger partial charge in [-0.2, -0.15) is 0 Å². The number of fused-ring (bicyclic) bond motifs is 3. The maximum absolute atomic E-state index is 13.6. The summed E-state index contributed by atoms with van der Waals surface area (Å²) in [5.74, 6) is -0.207. The first-order chi connectivity index (χ1) is 10.2. The molecule has 0 amide bonds. The van der Waals surface area contributed by atoms with Gasteiger partial charge in [-0.15, -0.1) is 0 Å². The highest BCUT2D eigenvalue weighted by Gasteiger charge is 2.21. The minimum Gasteiger partial charge on any atom is -0.207 e. The molecule has 0 aromatic heterocycles. The lowest BCUT2D eigenvalue weighted by Gasteiger charge is -2.11. The van der Waals surface area contributed by atoms with Crippen LogP contribution < -0.4 is 0 Å². The highest BCUT2D eigenvalue weighted by molar-refractivity contribution is 9.10. The van der Waals surface area contributed by atoms with E-state index in [1.807, 2.05) is 6.07 Å². The van der Waals surface area contributed by atoms with Gasteiger partial charge in [0.05, 0.1) is 0 Å². The van der Waals surface area contributed by atoms with Crippen LogP contribution in [0.3, 0.4) is 0 Å². The minimum atomic E-state index is -0.207. The summed E-state index contributed by atoms with van der Waals surface area (Å²) in [6.45, 7) is 0. The maximum Gasteiger partial charge on any atom is 0.123 e. The maximum atomic E-state index is 13.6. The molecule has 0 unspecified atom stereocenters. The fraction of sp³-hybridized carbons (Fsp3) is 0.0526. The Labute approximate surface area is 131 Å². The van der Waals surface area contributed by atoms with Gasteiger partial charge >= 0.3 is 0 Å². The highest BCUT2D eigenvalue weighted by atomic mass is 79.9. The van der Waals surface area contributed by atoms with Gasteiger partial charge in [0.25, 0.3) is 0 Å². The lowest BCUT2D eigenvalue weighted by molar-refractivity contribution is 0.628. The molecule has 0 aliphatic heterocycles. The van der Waals surface area contributed by atoms with Crippen LogP contribution in [0.4, 0.5) is 4.39 Å². The third-order valence-corrected chi connectivity index (χ3v) is 4.76. The van der Waals surface area contributed by atoms with E-state index in [2.05, 4.69) is 52.3 Å². The Morgan fingerprint density at radius 3 is 2.33 bits per heavy atom. The smallest absolute Gasteiger partial charge is 0.123 e. The Morgan fingerprint density at radius 1 is 0.762 bits per heavy atom. The molecular weight excluding hydrogens is 327 g/mol. The zero-order valence-corrected chi connectivity index (χ0v) is 12.8. The summed E-state index contributed by atoms with van der Waals surface area (Å²) in [5.41, 5.74) is 7.20. The second kappa shape index (κ2) is 4.81. The van der Waals surface area contributed by atoms with E-state index in [0.717, 1.165) is 22.0 Å². The Bertz CT molecular complexity index is 852. The molecule has 0 heterocycles. The molecule has 1 aliphatic carbocycles. The molecule has 0 bridgehead atoms. The van der Waals surface area contributed by atoms with E-state index >= 15 is 0 Å². The van der Waals surface area contributed by atoms with Crippen LogP contribution in [-0.2, 0) is 6.42 Å². The van der Waals surface area contributed by atoms with Crippen LogP contribution >= 0.6 is 15.9 Å². The monoisotopic (exact) mass is 338 g/mol. The molecule has 0 fully saturated rings. The first-order valence-corrected chi connectivity index (χ1v) is 7.69. The van der Waals surface area contributed by atoms with Crippen LogP contribution in [0, 0.1) is 5.82 Å². The van der Waals surface area contributed by atoms with Gasteiger partial charge in [0.15, 0.2) is 0 Å². The SMILES string of the molecule is Fc1ccc(Br)c(-c2cccc3c2Cc2ccccc2-3)c1. The van der Waals surface area contributed by atoms with E-state index in [9.17, 15) is 4.39 Å². The third kappa shape index (κ3) is 2.02. The van der Waals surface area contributed by atoms with Crippen molar-refractivity contribution in [3.05, 3.63) is 82.1 Å². The van der Waals surface area contributed by atoms with Crippen LogP contribution in [0.5, 0.6) is 0 Å². The van der Waals surface area contributed by atoms with Gasteiger partial charge in [-0.25, -0.2) is 4.39 Å². The summed E-state index contributed by atoms with van der Waals surface area (Å²) in [4.78, 5) is 0. The largest absolute Gasteiger partial charge is 0.207 e. The molecule has 1 aliphatic rings. The standard InChI is InChI=1S/C19H12BrF/c20-19-9-8-13(21)11-18(19)16-7-3-6-15-14-5-2-1-4-12(14)10-17(15)16/h1-9,11H,10H2. The van der Waals surface area contributed by atoms with Gasteiger partial charge in [-0.05, 0) is 58.0 Å². The van der Waals surface area contributed by atoms with Gasteiger partial charge in [-0.3, -0.25) is 0 Å². The van der Waals surface area contributed by atoms with E-state index in [0.29, 0.717) is 0 Å². The van der Waals surface area contributed by atoms with Crippen molar-refractivity contribution in [1.29, 1.82) is 0 Å². The fourth-order valence-corrected chi connectivity index (χ4v) is 3.57. The molecule has 0 saturated carbocycles. The first-order valence-electron chi connectivity index (χ1n) is 6.89. The molecule has 21 heavy (non-hydrogen) atoms. The lowest BCUT2D eigenvalue weighted by atomic mass is 9.96. The van der Waals surface area contributed by atoms with E-state index in [1.165, 1.54) is 28.3 Å². The van der Waals surface area contributed by atoms with Gasteiger partial charge in [-0.1, -0.05) is 58.4 Å². The molecule has 0 spiro atoms. The summed E-state index contributed by atoms with van der Waals surface area (Å²) in [7, 11) is 0. The molecule has 102 valence electrons. The zero-order chi connectivity index (χ0) is 14.4. The molecule has 0 radical (unpaired) electrons. The van der Waals surface area contributed by atoms with Crippen LogP contribution in [0.2, 0.25) is 0 Å². The number of hydrogen-bond acceptors (Lipinski definition) is 0. The number of halogens is 2. The Kier molecular flexibility index (Phi) is 2.93. The Balaban J connectivity index is 1.96. The van der Waals surface area contributed by atoms with E-state index in [-0.39, 0.29) is 5.82 Å². The van der Waals surface area contributed by atoms with Crippen molar-refractivity contribution < 1.29 is 4.39 Å². The molecule has 3 aromatic rings. The van der Waals surface area contributed by atoms with Crippen LogP contribution in [-0.4, -0.2) is 0 Å². The lowest BCUT2D eigenvalue weighted by Crippen LogP contribution is -1.90. The predicted molar refractivity (Wildman–Crippen MR) is 87.8 cm³/mol. The Hall–Kier alpha value is -1.93. The van der Waals surface area contributed by atoms with Gasteiger partial charge < -0.3 is 0 Å². The molecule has 2 heteroatoms. The molecule has 4 rings (SSSR count). The Morgan fingerprint density at radius 2 is 1.48 bits per heavy atom. The molecule has 0 N–H and O–H groups in total. The van der Waals surface area contributed by atoms with Crippen LogP contribution in [0.15, 0.2) is 65.1 Å². The van der Waals surface area contributed by atoms with Crippen molar-refractivity contribution in [3.8, 4) is 22.3 Å². The minimum absolute atomic E-state index is 0.207. The van der Waals surface area contributed by atoms with E-state index < -0.39 is 0 Å². The number of rotatable bonds is 1. The van der Waals surface area contributed by atoms with Crippen molar-refractivity contribution in [3.63, 3.8) is 0 Å². The summed E-state index contributed by atoms with van der Waals surface area (Å²) in [5, 5.41) is 0. The van der Waals surface area contributed by atoms with Crippen LogP contribution in [0.1, 0.15) is 11.1 Å². The van der Waals surface area contributed by atoms with E-state index in [4.69, 9.17) is 0 Å². The summed E-state index contributed by atoms with van der Waals surface area (Å²) >= 11 is 3.54. The molecule has 3 aromatic carbocycles. The van der Waals surface area contributed by atoms with Crippen LogP contribution in [0.25, 0.3) is 22.3 Å². The fourth-order valence-electron chi connectivity index (χ4n) is 3.11. The quantitative estimate of drug-likeness (QED) is 0.409. The number of benzene rings is 3. The van der Waals surface area contributed by atoms with Crippen molar-refractivity contribution >= 4 is 15.9 Å².